The summed E-state index contributed by atoms with van der Waals surface area (Å²) >= 11 is 3.31. The lowest BCUT2D eigenvalue weighted by molar-refractivity contribution is 0.309. The zero-order valence-electron chi connectivity index (χ0n) is 12.2. The monoisotopic (exact) mass is 378 g/mol. The minimum Gasteiger partial charge on any atom is -0.493 e. The summed E-state index contributed by atoms with van der Waals surface area (Å²) in [7, 11) is -0.581. The normalized spacial score (nSPS) is 20.3. The molecule has 1 unspecified atom stereocenters. The van der Waals surface area contributed by atoms with Crippen molar-refractivity contribution >= 4 is 26.0 Å². The minimum absolute atomic E-state index is 0.132. The van der Waals surface area contributed by atoms with Crippen LogP contribution in [-0.4, -0.2) is 52.6 Å². The number of hydrogen-bond acceptors (Lipinski definition) is 5. The average Bonchev–Trinajstić information content (AvgIpc) is 2.46. The van der Waals surface area contributed by atoms with E-state index in [-0.39, 0.29) is 10.9 Å². The molecule has 0 aromatic heterocycles. The second-order valence-corrected chi connectivity index (χ2v) is 7.62. The largest absolute Gasteiger partial charge is 0.493 e. The van der Waals surface area contributed by atoms with Crippen molar-refractivity contribution in [3.8, 4) is 11.5 Å². The van der Waals surface area contributed by atoms with E-state index in [2.05, 4.69) is 21.2 Å². The van der Waals surface area contributed by atoms with Crippen LogP contribution in [0.3, 0.4) is 0 Å². The maximum absolute atomic E-state index is 12.8. The first kappa shape index (κ1) is 16.5. The van der Waals surface area contributed by atoms with Gasteiger partial charge in [-0.25, -0.2) is 8.42 Å². The number of piperazine rings is 1. The van der Waals surface area contributed by atoms with Crippen LogP contribution in [0.2, 0.25) is 0 Å². The molecule has 1 heterocycles. The third-order valence-corrected chi connectivity index (χ3v) is 6.21. The Kier molecular flexibility index (Phi) is 5.13. The highest BCUT2D eigenvalue weighted by Gasteiger charge is 2.31. The van der Waals surface area contributed by atoms with Gasteiger partial charge in [0.2, 0.25) is 10.0 Å². The number of rotatable bonds is 4. The van der Waals surface area contributed by atoms with Crippen LogP contribution >= 0.6 is 15.9 Å². The fourth-order valence-electron chi connectivity index (χ4n) is 2.29. The lowest BCUT2D eigenvalue weighted by atomic mass is 10.3. The van der Waals surface area contributed by atoms with Gasteiger partial charge in [0, 0.05) is 36.2 Å². The van der Waals surface area contributed by atoms with E-state index < -0.39 is 10.0 Å². The second-order valence-electron chi connectivity index (χ2n) is 4.86. The van der Waals surface area contributed by atoms with Gasteiger partial charge in [0.05, 0.1) is 14.2 Å². The number of hydrogen-bond donors (Lipinski definition) is 1. The summed E-state index contributed by atoms with van der Waals surface area (Å²) in [5, 5.41) is 3.23. The van der Waals surface area contributed by atoms with Gasteiger partial charge in [-0.15, -0.1) is 0 Å². The summed E-state index contributed by atoms with van der Waals surface area (Å²) in [5.41, 5.74) is 0. The van der Waals surface area contributed by atoms with Gasteiger partial charge in [0.15, 0.2) is 11.5 Å². The van der Waals surface area contributed by atoms with Crippen LogP contribution in [0.15, 0.2) is 21.5 Å². The molecule has 0 aliphatic carbocycles. The van der Waals surface area contributed by atoms with Crippen LogP contribution in [0.4, 0.5) is 0 Å². The molecule has 8 heteroatoms. The lowest BCUT2D eigenvalue weighted by Gasteiger charge is -2.31. The number of ether oxygens (including phenoxy) is 2. The molecule has 1 atom stereocenters. The Bertz CT molecular complexity index is 621. The van der Waals surface area contributed by atoms with Crippen molar-refractivity contribution in [3.05, 3.63) is 16.6 Å². The van der Waals surface area contributed by atoms with Crippen LogP contribution in [0.25, 0.3) is 0 Å². The van der Waals surface area contributed by atoms with Crippen molar-refractivity contribution < 1.29 is 17.9 Å². The zero-order chi connectivity index (χ0) is 15.6. The van der Waals surface area contributed by atoms with Crippen molar-refractivity contribution in [2.24, 2.45) is 0 Å². The molecule has 118 valence electrons. The molecule has 2 rings (SSSR count). The van der Waals surface area contributed by atoms with Crippen molar-refractivity contribution in [2.45, 2.75) is 17.9 Å². The third-order valence-electron chi connectivity index (χ3n) is 3.39. The van der Waals surface area contributed by atoms with E-state index in [4.69, 9.17) is 9.47 Å². The van der Waals surface area contributed by atoms with E-state index in [1.54, 1.807) is 6.07 Å². The number of nitrogens with one attached hydrogen (secondary N) is 1. The van der Waals surface area contributed by atoms with E-state index in [1.165, 1.54) is 24.6 Å². The van der Waals surface area contributed by atoms with Crippen LogP contribution in [0.1, 0.15) is 6.92 Å². The Morgan fingerprint density at radius 1 is 1.29 bits per heavy atom. The molecule has 1 saturated heterocycles. The quantitative estimate of drug-likeness (QED) is 0.858. The van der Waals surface area contributed by atoms with Gasteiger partial charge >= 0.3 is 0 Å². The fraction of sp³-hybridized carbons (Fsp3) is 0.538. The standard InChI is InChI=1S/C13H19BrN2O4S/c1-9-8-16(5-4-15-9)21(17,18)13-7-12(20-3)11(19-2)6-10(13)14/h6-7,9,15H,4-5,8H2,1-3H3. The number of nitrogens with zero attached hydrogens (tertiary/aromatic N) is 1. The van der Waals surface area contributed by atoms with Gasteiger partial charge < -0.3 is 14.8 Å². The smallest absolute Gasteiger partial charge is 0.244 e. The molecule has 6 nitrogen and oxygen atoms in total. The second kappa shape index (κ2) is 6.51. The average molecular weight is 379 g/mol. The molecule has 1 N–H and O–H groups in total. The minimum atomic E-state index is -3.57. The highest BCUT2D eigenvalue weighted by molar-refractivity contribution is 9.10. The highest BCUT2D eigenvalue weighted by Crippen LogP contribution is 2.36. The number of methoxy groups -OCH3 is 2. The van der Waals surface area contributed by atoms with E-state index >= 15 is 0 Å². The number of halogens is 1. The van der Waals surface area contributed by atoms with Crippen LogP contribution in [0.5, 0.6) is 11.5 Å². The van der Waals surface area contributed by atoms with E-state index in [9.17, 15) is 8.42 Å². The predicted molar refractivity (Wildman–Crippen MR) is 83.5 cm³/mol. The van der Waals surface area contributed by atoms with E-state index in [0.29, 0.717) is 35.6 Å². The van der Waals surface area contributed by atoms with Crippen molar-refractivity contribution in [1.82, 2.24) is 9.62 Å². The van der Waals surface area contributed by atoms with Crippen molar-refractivity contribution in [1.29, 1.82) is 0 Å². The Hall–Kier alpha value is -0.830. The molecule has 21 heavy (non-hydrogen) atoms. The Morgan fingerprint density at radius 3 is 2.48 bits per heavy atom. The first-order valence-electron chi connectivity index (χ1n) is 6.55. The fourth-order valence-corrected chi connectivity index (χ4v) is 4.81. The van der Waals surface area contributed by atoms with Gasteiger partial charge in [-0.1, -0.05) is 0 Å². The van der Waals surface area contributed by atoms with Crippen LogP contribution in [-0.2, 0) is 10.0 Å². The summed E-state index contributed by atoms with van der Waals surface area (Å²) in [6.07, 6.45) is 0. The molecule has 1 aromatic carbocycles. The molecule has 0 radical (unpaired) electrons. The molecular formula is C13H19BrN2O4S. The third kappa shape index (κ3) is 3.33. The molecule has 0 spiro atoms. The maximum Gasteiger partial charge on any atom is 0.244 e. The van der Waals surface area contributed by atoms with Gasteiger partial charge in [-0.2, -0.15) is 4.31 Å². The summed E-state index contributed by atoms with van der Waals surface area (Å²) < 4.78 is 37.9. The molecule has 1 aromatic rings. The summed E-state index contributed by atoms with van der Waals surface area (Å²) in [6.45, 7) is 3.51. The Morgan fingerprint density at radius 2 is 1.90 bits per heavy atom. The molecule has 1 aliphatic rings. The van der Waals surface area contributed by atoms with Gasteiger partial charge in [-0.3, -0.25) is 0 Å². The predicted octanol–water partition coefficient (Wildman–Crippen LogP) is 1.45. The molecule has 0 amide bonds. The van der Waals surface area contributed by atoms with E-state index in [0.717, 1.165) is 0 Å². The SMILES string of the molecule is COc1cc(Br)c(S(=O)(=O)N2CCNC(C)C2)cc1OC. The lowest BCUT2D eigenvalue weighted by Crippen LogP contribution is -2.51. The topological polar surface area (TPSA) is 67.9 Å². The number of sulfonamides is 1. The van der Waals surface area contributed by atoms with Gasteiger partial charge in [0.1, 0.15) is 4.90 Å². The van der Waals surface area contributed by atoms with Gasteiger partial charge in [-0.05, 0) is 28.9 Å². The molecule has 1 fully saturated rings. The first-order valence-corrected chi connectivity index (χ1v) is 8.78. The summed E-state index contributed by atoms with van der Waals surface area (Å²) in [5.74, 6) is 0.875. The molecule has 0 bridgehead atoms. The maximum atomic E-state index is 12.8. The Balaban J connectivity index is 2.44. The number of benzene rings is 1. The molecular weight excluding hydrogens is 360 g/mol. The molecule has 1 aliphatic heterocycles. The van der Waals surface area contributed by atoms with Crippen molar-refractivity contribution in [2.75, 3.05) is 33.9 Å². The first-order chi connectivity index (χ1) is 9.90. The summed E-state index contributed by atoms with van der Waals surface area (Å²) in [4.78, 5) is 0.189. The van der Waals surface area contributed by atoms with Crippen LogP contribution < -0.4 is 14.8 Å². The van der Waals surface area contributed by atoms with Gasteiger partial charge in [0.25, 0.3) is 0 Å². The zero-order valence-corrected chi connectivity index (χ0v) is 14.6. The van der Waals surface area contributed by atoms with Crippen molar-refractivity contribution in [3.63, 3.8) is 0 Å². The Labute approximate surface area is 133 Å². The summed E-state index contributed by atoms with van der Waals surface area (Å²) in [6, 6.07) is 3.23. The highest BCUT2D eigenvalue weighted by atomic mass is 79.9. The van der Waals surface area contributed by atoms with E-state index in [1.807, 2.05) is 6.92 Å². The molecule has 0 saturated carbocycles. The van der Waals surface area contributed by atoms with Crippen LogP contribution in [0, 0.1) is 0 Å².